The maximum Gasteiger partial charge on any atom is 0.315 e. The lowest BCUT2D eigenvalue weighted by Gasteiger charge is -2.24. The molecule has 0 aliphatic heterocycles. The average molecular weight is 361 g/mol. The van der Waals surface area contributed by atoms with Gasteiger partial charge in [-0.05, 0) is 50.1 Å². The average Bonchev–Trinajstić information content (AvgIpc) is 3.12. The third-order valence-electron chi connectivity index (χ3n) is 4.10. The maximum absolute atomic E-state index is 13.2. The summed E-state index contributed by atoms with van der Waals surface area (Å²) in [6, 6.07) is 9.42. The number of nitrogens with one attached hydrogen (secondary N) is 3. The van der Waals surface area contributed by atoms with E-state index in [0.717, 1.165) is 11.3 Å². The second-order valence-electron chi connectivity index (χ2n) is 6.49. The molecule has 0 fully saturated rings. The van der Waals surface area contributed by atoms with Crippen molar-refractivity contribution >= 4 is 11.9 Å². The molecule has 1 heterocycles. The van der Waals surface area contributed by atoms with Gasteiger partial charge in [-0.3, -0.25) is 4.79 Å². The molecule has 0 saturated heterocycles. The molecular formula is C19H24FN3O3. The third-order valence-corrected chi connectivity index (χ3v) is 4.10. The van der Waals surface area contributed by atoms with Gasteiger partial charge >= 0.3 is 6.03 Å². The van der Waals surface area contributed by atoms with Crippen LogP contribution in [-0.2, 0) is 4.79 Å². The molecule has 1 aromatic carbocycles. The summed E-state index contributed by atoms with van der Waals surface area (Å²) in [5.41, 5.74) is -0.120. The fourth-order valence-corrected chi connectivity index (χ4v) is 2.69. The van der Waals surface area contributed by atoms with Crippen LogP contribution in [0.25, 0.3) is 0 Å². The minimum atomic E-state index is -1.02. The van der Waals surface area contributed by atoms with Gasteiger partial charge in [0.1, 0.15) is 17.1 Å². The van der Waals surface area contributed by atoms with Crippen LogP contribution in [0.5, 0.6) is 0 Å². The molecule has 3 amide bonds. The first kappa shape index (κ1) is 19.5. The van der Waals surface area contributed by atoms with Gasteiger partial charge in [0.05, 0.1) is 6.26 Å². The smallest absolute Gasteiger partial charge is 0.315 e. The van der Waals surface area contributed by atoms with Crippen LogP contribution in [-0.4, -0.2) is 31.1 Å². The monoisotopic (exact) mass is 361 g/mol. The van der Waals surface area contributed by atoms with Crippen molar-refractivity contribution in [3.63, 3.8) is 0 Å². The summed E-state index contributed by atoms with van der Waals surface area (Å²) in [6.45, 7) is 3.60. The molecule has 0 aliphatic carbocycles. The third kappa shape index (κ3) is 5.08. The molecule has 6 nitrogen and oxygen atoms in total. The Balaban J connectivity index is 1.97. The number of amides is 3. The van der Waals surface area contributed by atoms with Crippen LogP contribution in [0, 0.1) is 5.82 Å². The molecule has 140 valence electrons. The Labute approximate surface area is 152 Å². The lowest BCUT2D eigenvalue weighted by atomic mass is 9.93. The van der Waals surface area contributed by atoms with Crippen molar-refractivity contribution in [2.75, 3.05) is 13.6 Å². The van der Waals surface area contributed by atoms with Gasteiger partial charge in [-0.1, -0.05) is 12.1 Å². The topological polar surface area (TPSA) is 83.4 Å². The fraction of sp³-hybridized carbons (Fsp3) is 0.368. The second kappa shape index (κ2) is 8.51. The lowest BCUT2D eigenvalue weighted by Crippen LogP contribution is -2.56. The molecule has 0 bridgehead atoms. The maximum atomic E-state index is 13.2. The van der Waals surface area contributed by atoms with Gasteiger partial charge in [0.15, 0.2) is 0 Å². The summed E-state index contributed by atoms with van der Waals surface area (Å²) in [5.74, 6) is 0.0376. The number of hydrogen-bond donors (Lipinski definition) is 3. The number of urea groups is 1. The van der Waals surface area contributed by atoms with E-state index in [2.05, 4.69) is 16.0 Å². The standard InChI is InChI=1S/C19H24FN3O3/c1-19(2,17(24)21-3)23-18(25)22-11-10-15(16-5-4-12-26-16)13-6-8-14(20)9-7-13/h4-9,12,15H,10-11H2,1-3H3,(H,21,24)(H2,22,23,25)/t15-/m1/s1. The number of carbonyl (C=O) groups is 2. The van der Waals surface area contributed by atoms with Gasteiger partial charge in [-0.25, -0.2) is 9.18 Å². The van der Waals surface area contributed by atoms with Crippen molar-refractivity contribution in [3.8, 4) is 0 Å². The Morgan fingerprint density at radius 2 is 1.88 bits per heavy atom. The van der Waals surface area contributed by atoms with Crippen LogP contribution in [0.4, 0.5) is 9.18 Å². The van der Waals surface area contributed by atoms with Gasteiger partial charge in [0.2, 0.25) is 5.91 Å². The number of carbonyl (C=O) groups excluding carboxylic acids is 2. The zero-order valence-corrected chi connectivity index (χ0v) is 15.1. The van der Waals surface area contributed by atoms with Crippen LogP contribution in [0.3, 0.4) is 0 Å². The molecule has 0 spiro atoms. The molecular weight excluding hydrogens is 337 g/mol. The van der Waals surface area contributed by atoms with Crippen LogP contribution >= 0.6 is 0 Å². The summed E-state index contributed by atoms with van der Waals surface area (Å²) in [5, 5.41) is 7.88. The zero-order valence-electron chi connectivity index (χ0n) is 15.1. The van der Waals surface area contributed by atoms with E-state index in [-0.39, 0.29) is 17.6 Å². The molecule has 3 N–H and O–H groups in total. The van der Waals surface area contributed by atoms with E-state index in [0.29, 0.717) is 13.0 Å². The summed E-state index contributed by atoms with van der Waals surface area (Å²) in [4.78, 5) is 23.8. The predicted octanol–water partition coefficient (Wildman–Crippen LogP) is 2.76. The second-order valence-corrected chi connectivity index (χ2v) is 6.49. The van der Waals surface area contributed by atoms with Crippen molar-refractivity contribution < 1.29 is 18.4 Å². The Morgan fingerprint density at radius 1 is 1.19 bits per heavy atom. The van der Waals surface area contributed by atoms with E-state index in [4.69, 9.17) is 4.42 Å². The van der Waals surface area contributed by atoms with E-state index in [1.54, 1.807) is 38.3 Å². The Kier molecular flexibility index (Phi) is 6.38. The van der Waals surface area contributed by atoms with Crippen LogP contribution in [0.1, 0.15) is 37.5 Å². The zero-order chi connectivity index (χ0) is 19.2. The quantitative estimate of drug-likeness (QED) is 0.709. The molecule has 0 saturated carbocycles. The van der Waals surface area contributed by atoms with Crippen molar-refractivity contribution in [2.45, 2.75) is 31.7 Å². The van der Waals surface area contributed by atoms with Gasteiger partial charge in [-0.15, -0.1) is 0 Å². The molecule has 0 unspecified atom stereocenters. The number of benzene rings is 1. The van der Waals surface area contributed by atoms with E-state index >= 15 is 0 Å². The first-order valence-corrected chi connectivity index (χ1v) is 8.40. The number of hydrogen-bond acceptors (Lipinski definition) is 3. The normalized spacial score (nSPS) is 12.3. The minimum absolute atomic E-state index is 0.113. The summed E-state index contributed by atoms with van der Waals surface area (Å²) in [6.07, 6.45) is 2.14. The van der Waals surface area contributed by atoms with E-state index in [1.165, 1.54) is 19.2 Å². The number of halogens is 1. The van der Waals surface area contributed by atoms with Crippen molar-refractivity contribution in [2.24, 2.45) is 0 Å². The predicted molar refractivity (Wildman–Crippen MR) is 96.2 cm³/mol. The fourth-order valence-electron chi connectivity index (χ4n) is 2.69. The van der Waals surface area contributed by atoms with Crippen LogP contribution in [0.15, 0.2) is 47.1 Å². The Bertz CT molecular complexity index is 727. The number of rotatable bonds is 7. The molecule has 2 rings (SSSR count). The summed E-state index contributed by atoms with van der Waals surface area (Å²) in [7, 11) is 1.51. The first-order valence-electron chi connectivity index (χ1n) is 8.40. The van der Waals surface area contributed by atoms with Gasteiger partial charge < -0.3 is 20.4 Å². The molecule has 1 aromatic heterocycles. The number of likely N-dealkylation sites (N-methyl/N-ethyl adjacent to an activating group) is 1. The number of furan rings is 1. The summed E-state index contributed by atoms with van der Waals surface area (Å²) < 4.78 is 18.7. The highest BCUT2D eigenvalue weighted by atomic mass is 19.1. The van der Waals surface area contributed by atoms with Gasteiger partial charge in [0, 0.05) is 19.5 Å². The molecule has 7 heteroatoms. The minimum Gasteiger partial charge on any atom is -0.469 e. The Morgan fingerprint density at radius 3 is 2.46 bits per heavy atom. The first-order chi connectivity index (χ1) is 12.3. The van der Waals surface area contributed by atoms with Crippen molar-refractivity contribution in [1.29, 1.82) is 0 Å². The molecule has 2 aromatic rings. The highest BCUT2D eigenvalue weighted by Gasteiger charge is 2.28. The Hall–Kier alpha value is -2.83. The SMILES string of the molecule is CNC(=O)C(C)(C)NC(=O)NCC[C@H](c1ccc(F)cc1)c1ccco1. The summed E-state index contributed by atoms with van der Waals surface area (Å²) >= 11 is 0. The van der Waals surface area contributed by atoms with Crippen LogP contribution in [0.2, 0.25) is 0 Å². The van der Waals surface area contributed by atoms with Crippen molar-refractivity contribution in [3.05, 3.63) is 59.8 Å². The van der Waals surface area contributed by atoms with E-state index < -0.39 is 11.6 Å². The lowest BCUT2D eigenvalue weighted by molar-refractivity contribution is -0.125. The molecule has 0 aliphatic rings. The van der Waals surface area contributed by atoms with Crippen molar-refractivity contribution in [1.82, 2.24) is 16.0 Å². The highest BCUT2D eigenvalue weighted by Crippen LogP contribution is 2.28. The van der Waals surface area contributed by atoms with E-state index in [1.807, 2.05) is 6.07 Å². The van der Waals surface area contributed by atoms with Gasteiger partial charge in [-0.2, -0.15) is 0 Å². The highest BCUT2D eigenvalue weighted by molar-refractivity contribution is 5.90. The molecule has 0 radical (unpaired) electrons. The van der Waals surface area contributed by atoms with Gasteiger partial charge in [0.25, 0.3) is 0 Å². The largest absolute Gasteiger partial charge is 0.469 e. The molecule has 26 heavy (non-hydrogen) atoms. The van der Waals surface area contributed by atoms with E-state index in [9.17, 15) is 14.0 Å². The molecule has 1 atom stereocenters. The van der Waals surface area contributed by atoms with Crippen LogP contribution < -0.4 is 16.0 Å².